The smallest absolute Gasteiger partial charge is 0.160 e. The van der Waals surface area contributed by atoms with E-state index in [2.05, 4.69) is 45.0 Å². The van der Waals surface area contributed by atoms with Gasteiger partial charge in [0, 0.05) is 22.4 Å². The molecule has 0 aliphatic carbocycles. The monoisotopic (exact) mass is 343 g/mol. The minimum atomic E-state index is -2.82. The van der Waals surface area contributed by atoms with Crippen molar-refractivity contribution in [3.8, 4) is 0 Å². The van der Waals surface area contributed by atoms with Crippen molar-refractivity contribution >= 4 is 32.5 Å². The van der Waals surface area contributed by atoms with Crippen LogP contribution in [0.3, 0.4) is 0 Å². The fourth-order valence-corrected chi connectivity index (χ4v) is 11.8. The van der Waals surface area contributed by atoms with Gasteiger partial charge in [-0.3, -0.25) is 0 Å². The molecule has 2 unspecified atom stereocenters. The SMILES string of the molecule is CC(C)(C)c1ccc([S+]2C3CSCC2CS(=O)(=O)C3)cc1. The fraction of sp³-hybridized carbons (Fsp3) is 0.625. The number of rotatable bonds is 1. The third-order valence-electron chi connectivity index (χ3n) is 4.20. The average molecular weight is 344 g/mol. The largest absolute Gasteiger partial charge is 0.228 e. The molecule has 5 heteroatoms. The molecule has 1 aromatic rings. The van der Waals surface area contributed by atoms with Crippen LogP contribution in [0.1, 0.15) is 26.3 Å². The summed E-state index contributed by atoms with van der Waals surface area (Å²) >= 11 is 1.94. The first-order valence-electron chi connectivity index (χ1n) is 7.37. The van der Waals surface area contributed by atoms with E-state index in [1.165, 1.54) is 10.5 Å². The molecule has 2 nitrogen and oxygen atoms in total. The Hall–Kier alpha value is -0.130. The summed E-state index contributed by atoms with van der Waals surface area (Å²) in [5, 5.41) is 0.654. The van der Waals surface area contributed by atoms with Crippen LogP contribution in [0.2, 0.25) is 0 Å². The van der Waals surface area contributed by atoms with Crippen molar-refractivity contribution < 1.29 is 8.42 Å². The van der Waals surface area contributed by atoms with Gasteiger partial charge in [0.15, 0.2) is 14.7 Å². The van der Waals surface area contributed by atoms with Crippen LogP contribution in [0.4, 0.5) is 0 Å². The summed E-state index contributed by atoms with van der Waals surface area (Å²) in [6.45, 7) is 6.68. The summed E-state index contributed by atoms with van der Waals surface area (Å²) in [6.07, 6.45) is 0. The molecule has 0 radical (unpaired) electrons. The topological polar surface area (TPSA) is 34.1 Å². The lowest BCUT2D eigenvalue weighted by atomic mass is 9.87. The quantitative estimate of drug-likeness (QED) is 0.735. The minimum Gasteiger partial charge on any atom is -0.228 e. The Morgan fingerprint density at radius 3 is 2.05 bits per heavy atom. The number of sulfone groups is 1. The van der Waals surface area contributed by atoms with Gasteiger partial charge in [-0.05, 0) is 23.1 Å². The molecule has 2 bridgehead atoms. The Labute approximate surface area is 135 Å². The first-order valence-corrected chi connectivity index (χ1v) is 11.7. The maximum atomic E-state index is 12.0. The molecule has 116 valence electrons. The van der Waals surface area contributed by atoms with Gasteiger partial charge in [-0.15, -0.1) is 0 Å². The lowest BCUT2D eigenvalue weighted by molar-refractivity contribution is 0.589. The fourth-order valence-electron chi connectivity index (χ4n) is 3.12. The van der Waals surface area contributed by atoms with E-state index >= 15 is 0 Å². The van der Waals surface area contributed by atoms with Crippen LogP contribution in [0.5, 0.6) is 0 Å². The molecule has 2 heterocycles. The van der Waals surface area contributed by atoms with E-state index in [9.17, 15) is 8.42 Å². The van der Waals surface area contributed by atoms with Gasteiger partial charge >= 0.3 is 0 Å². The molecule has 3 rings (SSSR count). The second-order valence-corrected chi connectivity index (χ2v) is 12.8. The summed E-state index contributed by atoms with van der Waals surface area (Å²) in [5.41, 5.74) is 1.52. The van der Waals surface area contributed by atoms with E-state index in [0.29, 0.717) is 22.0 Å². The summed E-state index contributed by atoms with van der Waals surface area (Å²) in [4.78, 5) is 1.37. The zero-order chi connectivity index (χ0) is 15.3. The molecule has 21 heavy (non-hydrogen) atoms. The van der Waals surface area contributed by atoms with Gasteiger partial charge in [-0.1, -0.05) is 32.9 Å². The van der Waals surface area contributed by atoms with E-state index in [0.717, 1.165) is 11.5 Å². The number of thioether (sulfide) groups is 1. The van der Waals surface area contributed by atoms with Crippen molar-refractivity contribution in [2.75, 3.05) is 23.0 Å². The molecule has 2 aliphatic heterocycles. The molecule has 2 saturated heterocycles. The van der Waals surface area contributed by atoms with E-state index < -0.39 is 9.84 Å². The molecule has 0 amide bonds. The number of hydrogen-bond acceptors (Lipinski definition) is 3. The Kier molecular flexibility index (Phi) is 4.13. The van der Waals surface area contributed by atoms with Crippen LogP contribution in [0.15, 0.2) is 29.2 Å². The number of fused-ring (bicyclic) bond motifs is 2. The van der Waals surface area contributed by atoms with Crippen LogP contribution < -0.4 is 0 Å². The highest BCUT2D eigenvalue weighted by molar-refractivity contribution is 8.08. The second-order valence-electron chi connectivity index (χ2n) is 7.00. The van der Waals surface area contributed by atoms with Gasteiger partial charge in [0.05, 0.1) is 11.5 Å². The van der Waals surface area contributed by atoms with Crippen molar-refractivity contribution in [1.82, 2.24) is 0 Å². The van der Waals surface area contributed by atoms with Crippen molar-refractivity contribution in [2.24, 2.45) is 0 Å². The van der Waals surface area contributed by atoms with Crippen LogP contribution in [-0.4, -0.2) is 41.9 Å². The predicted octanol–water partition coefficient (Wildman–Crippen LogP) is 2.87. The van der Waals surface area contributed by atoms with E-state index in [1.807, 2.05) is 11.8 Å². The normalized spacial score (nSPS) is 31.9. The van der Waals surface area contributed by atoms with Gasteiger partial charge in [0.2, 0.25) is 0 Å². The van der Waals surface area contributed by atoms with Crippen LogP contribution in [-0.2, 0) is 26.1 Å². The van der Waals surface area contributed by atoms with E-state index in [1.54, 1.807) is 0 Å². The van der Waals surface area contributed by atoms with E-state index in [-0.39, 0.29) is 16.3 Å². The third kappa shape index (κ3) is 3.30. The van der Waals surface area contributed by atoms with Crippen molar-refractivity contribution in [3.63, 3.8) is 0 Å². The highest BCUT2D eigenvalue weighted by Crippen LogP contribution is 2.38. The van der Waals surface area contributed by atoms with Crippen molar-refractivity contribution in [1.29, 1.82) is 0 Å². The number of benzene rings is 1. The molecule has 0 N–H and O–H groups in total. The summed E-state index contributed by atoms with van der Waals surface area (Å²) in [6, 6.07) is 8.96. The van der Waals surface area contributed by atoms with Crippen molar-refractivity contribution in [3.05, 3.63) is 29.8 Å². The summed E-state index contributed by atoms with van der Waals surface area (Å²) < 4.78 is 24.0. The molecule has 1 aromatic carbocycles. The Morgan fingerprint density at radius 1 is 1.05 bits per heavy atom. The van der Waals surface area contributed by atoms with Gasteiger partial charge in [-0.2, -0.15) is 11.8 Å². The van der Waals surface area contributed by atoms with Gasteiger partial charge < -0.3 is 0 Å². The van der Waals surface area contributed by atoms with Gasteiger partial charge in [0.1, 0.15) is 10.5 Å². The average Bonchev–Trinajstić information content (AvgIpc) is 2.36. The van der Waals surface area contributed by atoms with Gasteiger partial charge in [0.25, 0.3) is 0 Å². The lowest BCUT2D eigenvalue weighted by Crippen LogP contribution is -2.52. The third-order valence-corrected chi connectivity index (χ3v) is 11.1. The first-order chi connectivity index (χ1) is 9.76. The molecular weight excluding hydrogens is 320 g/mol. The predicted molar refractivity (Wildman–Crippen MR) is 94.3 cm³/mol. The van der Waals surface area contributed by atoms with Crippen molar-refractivity contribution in [2.45, 2.75) is 41.6 Å². The maximum Gasteiger partial charge on any atom is 0.160 e. The molecule has 0 saturated carbocycles. The highest BCUT2D eigenvalue weighted by Gasteiger charge is 2.51. The minimum absolute atomic E-state index is 0.115. The standard InChI is InChI=1S/C16H23O2S3/c1-16(2,3)12-4-6-13(7-5-12)20-14-8-19-9-15(20)11-21(17,18)10-14/h4-7,14-15H,8-11H2,1-3H3/q+1. The van der Waals surface area contributed by atoms with E-state index in [4.69, 9.17) is 0 Å². The summed E-state index contributed by atoms with van der Waals surface area (Å²) in [7, 11) is -2.71. The van der Waals surface area contributed by atoms with Gasteiger partial charge in [-0.25, -0.2) is 8.42 Å². The van der Waals surface area contributed by atoms with Crippen LogP contribution >= 0.6 is 11.8 Å². The Balaban J connectivity index is 1.90. The van der Waals surface area contributed by atoms with Crippen LogP contribution in [0.25, 0.3) is 0 Å². The molecule has 0 aromatic heterocycles. The second kappa shape index (κ2) is 5.50. The zero-order valence-electron chi connectivity index (χ0n) is 12.8. The Bertz CT molecular complexity index is 594. The molecule has 0 spiro atoms. The lowest BCUT2D eigenvalue weighted by Gasteiger charge is -2.34. The number of hydrogen-bond donors (Lipinski definition) is 0. The maximum absolute atomic E-state index is 12.0. The first kappa shape index (κ1) is 15.8. The zero-order valence-corrected chi connectivity index (χ0v) is 15.3. The molecule has 2 fully saturated rings. The summed E-state index contributed by atoms with van der Waals surface area (Å²) in [5.74, 6) is 2.78. The molecular formula is C16H23O2S3+. The molecule has 2 atom stereocenters. The Morgan fingerprint density at radius 2 is 1.57 bits per heavy atom. The highest BCUT2D eigenvalue weighted by atomic mass is 32.2. The molecule has 2 aliphatic rings. The van der Waals surface area contributed by atoms with Crippen LogP contribution in [0, 0.1) is 0 Å².